The highest BCUT2D eigenvalue weighted by Gasteiger charge is 2.45. The fourth-order valence-corrected chi connectivity index (χ4v) is 4.26. The predicted octanol–water partition coefficient (Wildman–Crippen LogP) is 4.04. The predicted molar refractivity (Wildman–Crippen MR) is 131 cm³/mol. The molecule has 172 valence electrons. The van der Waals surface area contributed by atoms with E-state index in [1.165, 1.54) is 4.90 Å². The molecule has 1 fully saturated rings. The van der Waals surface area contributed by atoms with Crippen LogP contribution in [0.2, 0.25) is 0 Å². The quantitative estimate of drug-likeness (QED) is 0.285. The number of amides is 3. The van der Waals surface area contributed by atoms with Gasteiger partial charge in [-0.1, -0.05) is 38.1 Å². The average molecular weight is 560 g/mol. The summed E-state index contributed by atoms with van der Waals surface area (Å²) in [5.74, 6) is 0.772. The molecular formula is C24H25IN4O4. The summed E-state index contributed by atoms with van der Waals surface area (Å²) in [6, 6.07) is 13.2. The minimum absolute atomic E-state index is 0.0524. The van der Waals surface area contributed by atoms with E-state index in [0.717, 1.165) is 14.8 Å². The molecule has 1 aliphatic heterocycles. The molecule has 9 heteroatoms. The SMILES string of the molecule is CC(C)[C@@H](c1ncc(-c2ccc(I)cc2)[nH]1)N1C(=O)N[C@H](c2ccc(OCCO)cc2)C1=O. The molecule has 0 bridgehead atoms. The lowest BCUT2D eigenvalue weighted by molar-refractivity contribution is -0.130. The number of hydrogen-bond acceptors (Lipinski definition) is 5. The van der Waals surface area contributed by atoms with Crippen molar-refractivity contribution in [3.8, 4) is 17.0 Å². The maximum absolute atomic E-state index is 13.3. The van der Waals surface area contributed by atoms with Crippen molar-refractivity contribution in [2.75, 3.05) is 13.2 Å². The van der Waals surface area contributed by atoms with Crippen LogP contribution in [-0.4, -0.2) is 45.1 Å². The van der Waals surface area contributed by atoms with E-state index < -0.39 is 18.1 Å². The Morgan fingerprint density at radius 1 is 1.12 bits per heavy atom. The second kappa shape index (κ2) is 9.92. The zero-order chi connectivity index (χ0) is 23.5. The van der Waals surface area contributed by atoms with Crippen molar-refractivity contribution in [3.63, 3.8) is 0 Å². The first kappa shape index (κ1) is 23.2. The van der Waals surface area contributed by atoms with E-state index >= 15 is 0 Å². The Morgan fingerprint density at radius 3 is 2.45 bits per heavy atom. The van der Waals surface area contributed by atoms with Crippen molar-refractivity contribution in [1.82, 2.24) is 20.2 Å². The fourth-order valence-electron chi connectivity index (χ4n) is 3.90. The molecule has 3 N–H and O–H groups in total. The topological polar surface area (TPSA) is 108 Å². The van der Waals surface area contributed by atoms with Crippen LogP contribution in [0.3, 0.4) is 0 Å². The van der Waals surface area contributed by atoms with Gasteiger partial charge >= 0.3 is 6.03 Å². The lowest BCUT2D eigenvalue weighted by atomic mass is 10.0. The lowest BCUT2D eigenvalue weighted by Gasteiger charge is -2.27. The van der Waals surface area contributed by atoms with Crippen molar-refractivity contribution < 1.29 is 19.4 Å². The van der Waals surface area contributed by atoms with Gasteiger partial charge in [-0.2, -0.15) is 0 Å². The number of halogens is 1. The molecule has 4 rings (SSSR count). The summed E-state index contributed by atoms with van der Waals surface area (Å²) in [5.41, 5.74) is 2.47. The maximum Gasteiger partial charge on any atom is 0.325 e. The van der Waals surface area contributed by atoms with E-state index in [1.807, 2.05) is 38.1 Å². The highest BCUT2D eigenvalue weighted by atomic mass is 127. The lowest BCUT2D eigenvalue weighted by Crippen LogP contribution is -2.38. The maximum atomic E-state index is 13.3. The second-order valence-electron chi connectivity index (χ2n) is 8.11. The number of urea groups is 1. The molecular weight excluding hydrogens is 535 g/mol. The number of hydrogen-bond donors (Lipinski definition) is 3. The number of carbonyl (C=O) groups is 2. The van der Waals surface area contributed by atoms with Crippen LogP contribution < -0.4 is 10.1 Å². The highest BCUT2D eigenvalue weighted by Crippen LogP contribution is 2.34. The third-order valence-corrected chi connectivity index (χ3v) is 6.20. The Hall–Kier alpha value is -2.92. The van der Waals surface area contributed by atoms with E-state index in [1.54, 1.807) is 30.5 Å². The number of benzene rings is 2. The van der Waals surface area contributed by atoms with Gasteiger partial charge < -0.3 is 20.1 Å². The molecule has 3 aromatic rings. The zero-order valence-electron chi connectivity index (χ0n) is 18.3. The minimum Gasteiger partial charge on any atom is -0.491 e. The molecule has 3 amide bonds. The van der Waals surface area contributed by atoms with Crippen LogP contribution in [0.4, 0.5) is 4.79 Å². The van der Waals surface area contributed by atoms with Gasteiger partial charge in [0, 0.05) is 3.57 Å². The fraction of sp³-hybridized carbons (Fsp3) is 0.292. The average Bonchev–Trinajstić information content (AvgIpc) is 3.39. The monoisotopic (exact) mass is 560 g/mol. The van der Waals surface area contributed by atoms with E-state index in [9.17, 15) is 9.59 Å². The van der Waals surface area contributed by atoms with Gasteiger partial charge in [0.2, 0.25) is 0 Å². The first-order chi connectivity index (χ1) is 15.9. The molecule has 33 heavy (non-hydrogen) atoms. The summed E-state index contributed by atoms with van der Waals surface area (Å²) in [6.45, 7) is 4.02. The van der Waals surface area contributed by atoms with Crippen LogP contribution in [0.25, 0.3) is 11.3 Å². The van der Waals surface area contributed by atoms with E-state index in [-0.39, 0.29) is 25.0 Å². The van der Waals surface area contributed by atoms with Gasteiger partial charge in [0.1, 0.15) is 30.3 Å². The minimum atomic E-state index is -0.781. The van der Waals surface area contributed by atoms with Gasteiger partial charge in [-0.25, -0.2) is 9.78 Å². The number of carbonyl (C=O) groups excluding carboxylic acids is 2. The number of nitrogens with zero attached hydrogens (tertiary/aromatic N) is 2. The smallest absolute Gasteiger partial charge is 0.325 e. The summed E-state index contributed by atoms with van der Waals surface area (Å²) in [6.07, 6.45) is 1.73. The third kappa shape index (κ3) is 4.88. The largest absolute Gasteiger partial charge is 0.491 e. The van der Waals surface area contributed by atoms with E-state index in [2.05, 4.69) is 37.9 Å². The van der Waals surface area contributed by atoms with Gasteiger partial charge in [-0.05, 0) is 63.9 Å². The Labute approximate surface area is 205 Å². The summed E-state index contributed by atoms with van der Waals surface area (Å²) >= 11 is 2.25. The number of imide groups is 1. The molecule has 0 aliphatic carbocycles. The number of aromatic nitrogens is 2. The van der Waals surface area contributed by atoms with Crippen LogP contribution in [-0.2, 0) is 4.79 Å². The first-order valence-corrected chi connectivity index (χ1v) is 11.7. The van der Waals surface area contributed by atoms with Crippen molar-refractivity contribution in [1.29, 1.82) is 0 Å². The third-order valence-electron chi connectivity index (χ3n) is 5.48. The van der Waals surface area contributed by atoms with Crippen molar-refractivity contribution >= 4 is 34.5 Å². The van der Waals surface area contributed by atoms with Crippen LogP contribution in [0.15, 0.2) is 54.7 Å². The van der Waals surface area contributed by atoms with Gasteiger partial charge in [-0.3, -0.25) is 9.69 Å². The summed E-state index contributed by atoms with van der Waals surface area (Å²) < 4.78 is 6.50. The molecule has 2 atom stereocenters. The van der Waals surface area contributed by atoms with Gasteiger partial charge in [0.05, 0.1) is 18.5 Å². The standard InChI is InChI=1S/C24H25IN4O4/c1-14(2)21(22-26-13-19(27-22)15-3-7-17(25)8-4-15)29-23(31)20(28-24(29)32)16-5-9-18(10-6-16)33-12-11-30/h3-10,13-14,20-21,30H,11-12H2,1-2H3,(H,26,27)(H,28,32)/t20-,21+/m1/s1. The number of ether oxygens (including phenoxy) is 1. The van der Waals surface area contributed by atoms with Crippen molar-refractivity contribution in [3.05, 3.63) is 69.7 Å². The molecule has 2 aromatic carbocycles. The molecule has 8 nitrogen and oxygen atoms in total. The van der Waals surface area contributed by atoms with Crippen LogP contribution >= 0.6 is 22.6 Å². The molecule has 0 radical (unpaired) electrons. The van der Waals surface area contributed by atoms with Crippen molar-refractivity contribution in [2.45, 2.75) is 25.9 Å². The second-order valence-corrected chi connectivity index (χ2v) is 9.36. The molecule has 1 saturated heterocycles. The Kier molecular flexibility index (Phi) is 6.99. The van der Waals surface area contributed by atoms with Crippen LogP contribution in [0.1, 0.15) is 37.3 Å². The number of aliphatic hydroxyl groups is 1. The number of imidazole rings is 1. The van der Waals surface area contributed by atoms with Crippen molar-refractivity contribution in [2.24, 2.45) is 5.92 Å². The van der Waals surface area contributed by atoms with Gasteiger partial charge in [0.15, 0.2) is 0 Å². The van der Waals surface area contributed by atoms with Gasteiger partial charge in [-0.15, -0.1) is 0 Å². The summed E-state index contributed by atoms with van der Waals surface area (Å²) in [5, 5.41) is 11.7. The Bertz CT molecular complexity index is 1130. The van der Waals surface area contributed by atoms with Crippen LogP contribution in [0, 0.1) is 9.49 Å². The molecule has 0 saturated carbocycles. The number of rotatable bonds is 8. The highest BCUT2D eigenvalue weighted by molar-refractivity contribution is 14.1. The summed E-state index contributed by atoms with van der Waals surface area (Å²) in [4.78, 5) is 35.3. The van der Waals surface area contributed by atoms with Gasteiger partial charge in [0.25, 0.3) is 5.91 Å². The van der Waals surface area contributed by atoms with E-state index in [0.29, 0.717) is 17.1 Å². The summed E-state index contributed by atoms with van der Waals surface area (Å²) in [7, 11) is 0. The number of aromatic amines is 1. The normalized spacial score (nSPS) is 16.9. The number of H-pyrrole nitrogens is 1. The zero-order valence-corrected chi connectivity index (χ0v) is 20.4. The molecule has 1 aliphatic rings. The molecule has 1 aromatic heterocycles. The molecule has 2 heterocycles. The van der Waals surface area contributed by atoms with Crippen LogP contribution in [0.5, 0.6) is 5.75 Å². The molecule has 0 unspecified atom stereocenters. The molecule has 0 spiro atoms. The first-order valence-electron chi connectivity index (χ1n) is 10.7. The van der Waals surface area contributed by atoms with E-state index in [4.69, 9.17) is 9.84 Å². The number of nitrogens with one attached hydrogen (secondary N) is 2. The Morgan fingerprint density at radius 2 is 1.82 bits per heavy atom. The number of aliphatic hydroxyl groups excluding tert-OH is 1. The Balaban J connectivity index is 1.58.